The van der Waals surface area contributed by atoms with Gasteiger partial charge in [-0.25, -0.2) is 0 Å². The van der Waals surface area contributed by atoms with Crippen LogP contribution in [0.1, 0.15) is 18.5 Å². The van der Waals surface area contributed by atoms with Gasteiger partial charge < -0.3 is 16.0 Å². The molecule has 0 aromatic carbocycles. The fourth-order valence-corrected chi connectivity index (χ4v) is 3.23. The topological polar surface area (TPSA) is 71.2 Å². The van der Waals surface area contributed by atoms with Crippen LogP contribution < -0.4 is 16.0 Å². The highest BCUT2D eigenvalue weighted by Crippen LogP contribution is 2.32. The fourth-order valence-electron chi connectivity index (χ4n) is 3.07. The summed E-state index contributed by atoms with van der Waals surface area (Å²) in [5.41, 5.74) is 7.34. The van der Waals surface area contributed by atoms with E-state index in [9.17, 15) is 4.79 Å². The van der Waals surface area contributed by atoms with Crippen molar-refractivity contribution in [1.29, 1.82) is 0 Å². The summed E-state index contributed by atoms with van der Waals surface area (Å²) in [6.45, 7) is 1.60. The van der Waals surface area contributed by atoms with Crippen LogP contribution in [0.15, 0.2) is 18.3 Å². The van der Waals surface area contributed by atoms with Crippen molar-refractivity contribution in [3.63, 3.8) is 0 Å². The molecule has 1 aromatic heterocycles. The number of amides is 1. The van der Waals surface area contributed by atoms with E-state index in [1.807, 2.05) is 12.1 Å². The maximum atomic E-state index is 11.8. The fraction of sp³-hybridized carbons (Fsp3) is 0.462. The maximum absolute atomic E-state index is 11.8. The number of anilines is 1. The standard InChI is InChI=1S/C13H16N4OS/c14-12(19)11-9(4-1-5-15-11)17-6-2-3-8-10(17)7-16-13(8)18/h1,4-5,8,10H,2-3,6-7H2,(H2,14,19)(H,16,18). The number of nitrogens with two attached hydrogens (primary N) is 1. The van der Waals surface area contributed by atoms with Crippen LogP contribution in [0.3, 0.4) is 0 Å². The Labute approximate surface area is 117 Å². The van der Waals surface area contributed by atoms with E-state index >= 15 is 0 Å². The van der Waals surface area contributed by atoms with Crippen molar-refractivity contribution >= 4 is 28.8 Å². The number of aromatic nitrogens is 1. The number of pyridine rings is 1. The lowest BCUT2D eigenvalue weighted by molar-refractivity contribution is -0.122. The summed E-state index contributed by atoms with van der Waals surface area (Å²) in [6, 6.07) is 4.05. The van der Waals surface area contributed by atoms with Gasteiger partial charge in [0.15, 0.2) is 0 Å². The Morgan fingerprint density at radius 1 is 1.58 bits per heavy atom. The number of carbonyl (C=O) groups excluding carboxylic acids is 1. The summed E-state index contributed by atoms with van der Waals surface area (Å²) < 4.78 is 0. The van der Waals surface area contributed by atoms with Crippen LogP contribution in [0.25, 0.3) is 0 Å². The number of nitrogens with zero attached hydrogens (tertiary/aromatic N) is 2. The zero-order chi connectivity index (χ0) is 13.4. The third-order valence-corrected chi connectivity index (χ3v) is 4.12. The highest BCUT2D eigenvalue weighted by molar-refractivity contribution is 7.80. The second-order valence-corrected chi connectivity index (χ2v) is 5.43. The minimum absolute atomic E-state index is 0.0770. The molecule has 5 nitrogen and oxygen atoms in total. The molecular weight excluding hydrogens is 260 g/mol. The summed E-state index contributed by atoms with van der Waals surface area (Å²) in [6.07, 6.45) is 3.65. The van der Waals surface area contributed by atoms with Gasteiger partial charge in [-0.1, -0.05) is 12.2 Å². The number of thiocarbonyl (C=S) groups is 1. The van der Waals surface area contributed by atoms with Crippen molar-refractivity contribution in [1.82, 2.24) is 10.3 Å². The lowest BCUT2D eigenvalue weighted by Crippen LogP contribution is -2.46. The molecule has 2 unspecified atom stereocenters. The molecule has 3 N–H and O–H groups in total. The number of rotatable bonds is 2. The van der Waals surface area contributed by atoms with Crippen molar-refractivity contribution in [2.75, 3.05) is 18.0 Å². The minimum atomic E-state index is 0.0770. The largest absolute Gasteiger partial charge is 0.388 e. The van der Waals surface area contributed by atoms with Gasteiger partial charge in [-0.05, 0) is 25.0 Å². The van der Waals surface area contributed by atoms with Crippen molar-refractivity contribution in [2.24, 2.45) is 11.7 Å². The van der Waals surface area contributed by atoms with E-state index in [0.717, 1.165) is 25.1 Å². The molecule has 1 amide bonds. The van der Waals surface area contributed by atoms with Crippen LogP contribution in [-0.4, -0.2) is 35.0 Å². The number of nitrogens with one attached hydrogen (secondary N) is 1. The lowest BCUT2D eigenvalue weighted by Gasteiger charge is -2.38. The van der Waals surface area contributed by atoms with Gasteiger partial charge in [-0.15, -0.1) is 0 Å². The van der Waals surface area contributed by atoms with Crippen LogP contribution in [0.2, 0.25) is 0 Å². The summed E-state index contributed by atoms with van der Waals surface area (Å²) in [4.78, 5) is 18.6. The Balaban J connectivity index is 1.97. The molecule has 0 bridgehead atoms. The predicted molar refractivity (Wildman–Crippen MR) is 77.0 cm³/mol. The number of piperidine rings is 1. The molecule has 2 atom stereocenters. The highest BCUT2D eigenvalue weighted by Gasteiger charge is 2.41. The first-order chi connectivity index (χ1) is 9.18. The van der Waals surface area contributed by atoms with E-state index in [4.69, 9.17) is 18.0 Å². The predicted octanol–water partition coefficient (Wildman–Crippen LogP) is 0.431. The Morgan fingerprint density at radius 3 is 3.21 bits per heavy atom. The molecule has 3 heterocycles. The second-order valence-electron chi connectivity index (χ2n) is 4.99. The molecule has 3 rings (SSSR count). The average Bonchev–Trinajstić information content (AvgIpc) is 2.81. The second kappa shape index (κ2) is 4.77. The van der Waals surface area contributed by atoms with E-state index in [2.05, 4.69) is 15.2 Å². The van der Waals surface area contributed by atoms with E-state index < -0.39 is 0 Å². The molecule has 100 valence electrons. The molecule has 0 spiro atoms. The summed E-state index contributed by atoms with van der Waals surface area (Å²) in [5, 5.41) is 2.94. The summed E-state index contributed by atoms with van der Waals surface area (Å²) >= 11 is 5.07. The monoisotopic (exact) mass is 276 g/mol. The van der Waals surface area contributed by atoms with Crippen LogP contribution in [0.5, 0.6) is 0 Å². The van der Waals surface area contributed by atoms with Crippen LogP contribution in [0, 0.1) is 5.92 Å². The van der Waals surface area contributed by atoms with E-state index in [0.29, 0.717) is 17.2 Å². The van der Waals surface area contributed by atoms with E-state index in [-0.39, 0.29) is 17.9 Å². The SMILES string of the molecule is NC(=S)c1ncccc1N1CCCC2C(=O)NCC21. The maximum Gasteiger partial charge on any atom is 0.225 e. The Hall–Kier alpha value is -1.69. The number of hydrogen-bond acceptors (Lipinski definition) is 4. The highest BCUT2D eigenvalue weighted by atomic mass is 32.1. The van der Waals surface area contributed by atoms with E-state index in [1.165, 1.54) is 0 Å². The van der Waals surface area contributed by atoms with Gasteiger partial charge in [0, 0.05) is 19.3 Å². The quantitative estimate of drug-likeness (QED) is 0.767. The first kappa shape index (κ1) is 12.3. The van der Waals surface area contributed by atoms with Crippen LogP contribution in [0.4, 0.5) is 5.69 Å². The Kier molecular flexibility index (Phi) is 3.10. The van der Waals surface area contributed by atoms with Crippen molar-refractivity contribution in [3.8, 4) is 0 Å². The van der Waals surface area contributed by atoms with E-state index in [1.54, 1.807) is 6.20 Å². The number of hydrogen-bond donors (Lipinski definition) is 2. The third-order valence-electron chi connectivity index (χ3n) is 3.93. The van der Waals surface area contributed by atoms with Gasteiger partial charge in [0.1, 0.15) is 10.7 Å². The van der Waals surface area contributed by atoms with Gasteiger partial charge in [0.25, 0.3) is 0 Å². The summed E-state index contributed by atoms with van der Waals surface area (Å²) in [7, 11) is 0. The molecule has 2 aliphatic heterocycles. The number of carbonyl (C=O) groups is 1. The normalized spacial score (nSPS) is 25.9. The Bertz CT molecular complexity index is 533. The molecule has 1 aromatic rings. The first-order valence-corrected chi connectivity index (χ1v) is 6.88. The zero-order valence-electron chi connectivity index (χ0n) is 10.5. The van der Waals surface area contributed by atoms with Gasteiger partial charge in [-0.3, -0.25) is 9.78 Å². The van der Waals surface area contributed by atoms with Crippen LogP contribution >= 0.6 is 12.2 Å². The zero-order valence-corrected chi connectivity index (χ0v) is 11.3. The molecule has 19 heavy (non-hydrogen) atoms. The number of fused-ring (bicyclic) bond motifs is 1. The van der Waals surface area contributed by atoms with Gasteiger partial charge >= 0.3 is 0 Å². The molecule has 2 fully saturated rings. The molecule has 0 radical (unpaired) electrons. The van der Waals surface area contributed by atoms with Crippen molar-refractivity contribution in [2.45, 2.75) is 18.9 Å². The molecule has 0 saturated carbocycles. The van der Waals surface area contributed by atoms with Crippen molar-refractivity contribution in [3.05, 3.63) is 24.0 Å². The molecule has 6 heteroatoms. The molecule has 0 aliphatic carbocycles. The van der Waals surface area contributed by atoms with Crippen LogP contribution in [-0.2, 0) is 4.79 Å². The smallest absolute Gasteiger partial charge is 0.225 e. The summed E-state index contributed by atoms with van der Waals surface area (Å²) in [5.74, 6) is 0.239. The van der Waals surface area contributed by atoms with Gasteiger partial charge in [0.2, 0.25) is 5.91 Å². The molecule has 2 saturated heterocycles. The lowest BCUT2D eigenvalue weighted by atomic mass is 9.91. The molecular formula is C13H16N4OS. The van der Waals surface area contributed by atoms with Crippen molar-refractivity contribution < 1.29 is 4.79 Å². The Morgan fingerprint density at radius 2 is 2.42 bits per heavy atom. The average molecular weight is 276 g/mol. The van der Waals surface area contributed by atoms with Gasteiger partial charge in [-0.2, -0.15) is 0 Å². The first-order valence-electron chi connectivity index (χ1n) is 6.47. The third kappa shape index (κ3) is 2.06. The molecule has 2 aliphatic rings. The minimum Gasteiger partial charge on any atom is -0.388 e. The van der Waals surface area contributed by atoms with Gasteiger partial charge in [0.05, 0.1) is 17.6 Å².